The second-order valence-corrected chi connectivity index (χ2v) is 0.316. The summed E-state index contributed by atoms with van der Waals surface area (Å²) >= 11 is -1.50. The predicted octanol–water partition coefficient (Wildman–Crippen LogP) is -1.21. The van der Waals surface area contributed by atoms with Crippen molar-refractivity contribution in [3.05, 3.63) is 0 Å². The first-order valence-corrected chi connectivity index (χ1v) is 1.48. The molecule has 0 bridgehead atoms. The molecule has 0 radical (unpaired) electrons. The van der Waals surface area contributed by atoms with Crippen LogP contribution in [0.15, 0.2) is 0 Å². The van der Waals surface area contributed by atoms with E-state index >= 15 is 0 Å². The molecule has 4 heavy (non-hydrogen) atoms. The van der Waals surface area contributed by atoms with Gasteiger partial charge in [0, 0.05) is 0 Å². The van der Waals surface area contributed by atoms with E-state index in [2.05, 4.69) is 0 Å². The van der Waals surface area contributed by atoms with Gasteiger partial charge in [-0.2, -0.15) is 0 Å². The molecule has 0 heterocycles. The molecular formula is H3AlCaO2. The molecule has 0 aliphatic carbocycles. The number of rotatable bonds is 0. The van der Waals surface area contributed by atoms with E-state index in [0.29, 0.717) is 0 Å². The summed E-state index contributed by atoms with van der Waals surface area (Å²) in [6, 6.07) is 0. The van der Waals surface area contributed by atoms with Crippen LogP contribution in [0.3, 0.4) is 0 Å². The van der Waals surface area contributed by atoms with Crippen LogP contribution in [0.25, 0.3) is 0 Å². The predicted molar refractivity (Wildman–Crippen MR) is 16.6 cm³/mol. The Morgan fingerprint density at radius 1 is 2.00 bits per heavy atom. The standard InChI is InChI=1S/Al.Ca.H2O.O.2H/h;;1H2;;;/q+1;+2;;;2*-1/p-1. The molecule has 0 aliphatic rings. The molecule has 0 aromatic rings. The zero-order valence-electron chi connectivity index (χ0n) is 4.14. The average molecular weight is 102 g/mol. The van der Waals surface area contributed by atoms with Gasteiger partial charge in [0.25, 0.3) is 0 Å². The molecular weight excluding hydrogens is 99.1 g/mol. The maximum atomic E-state index is 8.57. The molecule has 0 aromatic carbocycles. The number of hydrogen-bond acceptors (Lipinski definition) is 1. The van der Waals surface area contributed by atoms with E-state index in [-0.39, 0.29) is 40.6 Å². The van der Waals surface area contributed by atoms with E-state index in [1.54, 1.807) is 0 Å². The Bertz CT molecular complexity index is 19.0. The molecule has 2 nitrogen and oxygen atoms in total. The summed E-state index contributed by atoms with van der Waals surface area (Å²) in [6.45, 7) is 0. The van der Waals surface area contributed by atoms with Crippen LogP contribution in [0.5, 0.6) is 0 Å². The zero-order chi connectivity index (χ0) is 2.71. The van der Waals surface area contributed by atoms with Gasteiger partial charge < -0.3 is 2.85 Å². The van der Waals surface area contributed by atoms with E-state index in [0.717, 1.165) is 0 Å². The molecule has 0 aliphatic heterocycles. The van der Waals surface area contributed by atoms with Crippen molar-refractivity contribution < 1.29 is 10.8 Å². The Balaban J connectivity index is -0.00000000667. The summed E-state index contributed by atoms with van der Waals surface area (Å²) < 4.78 is 15.7. The van der Waals surface area contributed by atoms with Gasteiger partial charge in [-0.3, -0.25) is 0 Å². The summed E-state index contributed by atoms with van der Waals surface area (Å²) in [5.74, 6) is 0. The minimum atomic E-state index is -1.50. The third kappa shape index (κ3) is 10.0. The first-order chi connectivity index (χ1) is 1.41. The van der Waals surface area contributed by atoms with E-state index < -0.39 is 15.5 Å². The second kappa shape index (κ2) is 8.83. The zero-order valence-corrected chi connectivity index (χ0v) is 5.50. The molecule has 0 fully saturated rings. The van der Waals surface area contributed by atoms with Crippen molar-refractivity contribution in [2.75, 3.05) is 0 Å². The molecule has 0 amide bonds. The first kappa shape index (κ1) is 9.04. The summed E-state index contributed by atoms with van der Waals surface area (Å²) in [5, 5.41) is 0. The van der Waals surface area contributed by atoms with Crippen molar-refractivity contribution in [2.45, 2.75) is 0 Å². The molecule has 0 saturated heterocycles. The molecule has 4 heteroatoms. The van der Waals surface area contributed by atoms with Crippen LogP contribution >= 0.6 is 0 Å². The molecule has 0 rings (SSSR count). The molecule has 0 atom stereocenters. The Labute approximate surface area is 63.4 Å². The van der Waals surface area contributed by atoms with Gasteiger partial charge >= 0.3 is 61.2 Å². The third-order valence-corrected chi connectivity index (χ3v) is 0. The van der Waals surface area contributed by atoms with Crippen LogP contribution in [0, 0.1) is 0 Å². The quantitative estimate of drug-likeness (QED) is 0.389. The van der Waals surface area contributed by atoms with Crippen LogP contribution in [-0.2, 0) is 3.80 Å². The summed E-state index contributed by atoms with van der Waals surface area (Å²) in [6.07, 6.45) is 0. The van der Waals surface area contributed by atoms with Crippen LogP contribution in [0.2, 0.25) is 0 Å². The van der Waals surface area contributed by atoms with Crippen molar-refractivity contribution in [3.63, 3.8) is 0 Å². The van der Waals surface area contributed by atoms with Gasteiger partial charge in [0.05, 0.1) is 0 Å². The van der Waals surface area contributed by atoms with Gasteiger partial charge in [-0.1, -0.05) is 0 Å². The number of hydrogen-bond donors (Lipinski definition) is 1. The fourth-order valence-corrected chi connectivity index (χ4v) is 0. The topological polar surface area (TPSA) is 37.3 Å². The molecule has 0 spiro atoms. The van der Waals surface area contributed by atoms with Gasteiger partial charge in [0.1, 0.15) is 0 Å². The second-order valence-electron chi connectivity index (χ2n) is 0.105. The van der Waals surface area contributed by atoms with E-state index in [4.69, 9.17) is 7.96 Å². The van der Waals surface area contributed by atoms with Crippen molar-refractivity contribution in [1.82, 2.24) is 0 Å². The van der Waals surface area contributed by atoms with Gasteiger partial charge in [-0.05, 0) is 0 Å². The SMILES string of the molecule is [Ca+2].[H-].[H-].[O]=[Al][OH]. The molecule has 0 unspecified atom stereocenters. The third-order valence-electron chi connectivity index (χ3n) is 0. The van der Waals surface area contributed by atoms with Gasteiger partial charge in [-0.15, -0.1) is 0 Å². The normalized spacial score (nSPS) is 2.00. The Hall–Kier alpha value is 1.39. The van der Waals surface area contributed by atoms with E-state index in [9.17, 15) is 0 Å². The van der Waals surface area contributed by atoms with Crippen molar-refractivity contribution in [3.8, 4) is 0 Å². The van der Waals surface area contributed by atoms with Gasteiger partial charge in [0.2, 0.25) is 0 Å². The van der Waals surface area contributed by atoms with E-state index in [1.165, 1.54) is 0 Å². The molecule has 20 valence electrons. The van der Waals surface area contributed by atoms with Crippen LogP contribution in [0.1, 0.15) is 2.85 Å². The summed E-state index contributed by atoms with van der Waals surface area (Å²) in [5.41, 5.74) is 0. The summed E-state index contributed by atoms with van der Waals surface area (Å²) in [7, 11) is 0. The van der Waals surface area contributed by atoms with E-state index in [1.807, 2.05) is 0 Å². The van der Waals surface area contributed by atoms with Crippen molar-refractivity contribution in [1.29, 1.82) is 0 Å². The first-order valence-electron chi connectivity index (χ1n) is 0.494. The molecule has 1 N–H and O–H groups in total. The Kier molecular flexibility index (Phi) is 20.0. The molecule has 0 aromatic heterocycles. The van der Waals surface area contributed by atoms with Crippen molar-refractivity contribution >= 4 is 53.2 Å². The van der Waals surface area contributed by atoms with Gasteiger partial charge in [-0.25, -0.2) is 0 Å². The van der Waals surface area contributed by atoms with Crippen LogP contribution in [-0.4, -0.2) is 57.4 Å². The van der Waals surface area contributed by atoms with Gasteiger partial charge in [0.15, 0.2) is 0 Å². The van der Waals surface area contributed by atoms with Crippen LogP contribution < -0.4 is 0 Å². The Morgan fingerprint density at radius 3 is 2.00 bits per heavy atom. The van der Waals surface area contributed by atoms with Crippen molar-refractivity contribution in [2.24, 2.45) is 0 Å². The fraction of sp³-hybridized carbons (Fsp3) is 0. The maximum absolute atomic E-state index is 8.57. The fourth-order valence-electron chi connectivity index (χ4n) is 0. The Morgan fingerprint density at radius 2 is 2.00 bits per heavy atom. The van der Waals surface area contributed by atoms with Crippen LogP contribution in [0.4, 0.5) is 0 Å². The summed E-state index contributed by atoms with van der Waals surface area (Å²) in [4.78, 5) is 0. The molecule has 0 saturated carbocycles. The average Bonchev–Trinajstić information content (AvgIpc) is 0.918. The monoisotopic (exact) mass is 102 g/mol. The minimum absolute atomic E-state index is 0.